The molecule has 0 aliphatic heterocycles. The van der Waals surface area contributed by atoms with Gasteiger partial charge in [-0.3, -0.25) is 0 Å². The molecule has 4 N–H and O–H groups in total. The second-order valence-electron chi connectivity index (χ2n) is 9.73. The molecule has 0 saturated heterocycles. The highest BCUT2D eigenvalue weighted by Gasteiger charge is 2.19. The van der Waals surface area contributed by atoms with Crippen LogP contribution in [0.5, 0.6) is 11.5 Å². The third-order valence-electron chi connectivity index (χ3n) is 6.07. The van der Waals surface area contributed by atoms with E-state index in [1.54, 1.807) is 0 Å². The van der Waals surface area contributed by atoms with E-state index in [0.29, 0.717) is 11.4 Å². The van der Waals surface area contributed by atoms with Crippen molar-refractivity contribution in [3.8, 4) is 45.6 Å². The maximum absolute atomic E-state index is 12.9. The van der Waals surface area contributed by atoms with Gasteiger partial charge in [0.1, 0.15) is 34.0 Å². The van der Waals surface area contributed by atoms with Gasteiger partial charge in [0.25, 0.3) is 0 Å². The van der Waals surface area contributed by atoms with Crippen LogP contribution in [0.2, 0.25) is 0 Å². The van der Waals surface area contributed by atoms with E-state index in [-0.39, 0.29) is 52.0 Å². The van der Waals surface area contributed by atoms with Gasteiger partial charge in [0.05, 0.1) is 47.3 Å². The molecule has 0 unspecified atom stereocenters. The van der Waals surface area contributed by atoms with Gasteiger partial charge in [-0.2, -0.15) is 0 Å². The third kappa shape index (κ3) is 6.00. The lowest BCUT2D eigenvalue weighted by molar-refractivity contribution is 0.0458. The largest absolute Gasteiger partial charge is 0.507 e. The predicted molar refractivity (Wildman–Crippen MR) is 147 cm³/mol. The number of nitrogens with zero attached hydrogens (tertiary/aromatic N) is 7. The normalized spacial score (nSPS) is 11.0. The summed E-state index contributed by atoms with van der Waals surface area (Å²) in [5, 5.41) is 54.8. The van der Waals surface area contributed by atoms with E-state index in [1.807, 2.05) is 13.8 Å². The first-order chi connectivity index (χ1) is 20.5. The number of hydrogen-bond donors (Lipinski definition) is 4. The molecule has 15 heteroatoms. The second kappa shape index (κ2) is 11.4. The summed E-state index contributed by atoms with van der Waals surface area (Å²) >= 11 is 0. The minimum absolute atomic E-state index is 0.0948. The van der Waals surface area contributed by atoms with Gasteiger partial charge < -0.3 is 25.2 Å². The van der Waals surface area contributed by atoms with Crippen LogP contribution in [0.25, 0.3) is 34.2 Å². The van der Waals surface area contributed by atoms with E-state index in [1.165, 1.54) is 70.3 Å². The SMILES string of the molecule is CC(C)COC(=O)c1cc(-c2cn(-c3ccc(C(=O)O)c(O)c3)nn2)nc(-c2cn(-c3ccc(C(=O)O)c(O)c3)nn2)c1. The maximum Gasteiger partial charge on any atom is 0.339 e. The molecule has 43 heavy (non-hydrogen) atoms. The Morgan fingerprint density at radius 2 is 1.21 bits per heavy atom. The summed E-state index contributed by atoms with van der Waals surface area (Å²) in [6.07, 6.45) is 2.96. The number of benzene rings is 2. The molecule has 0 saturated carbocycles. The molecule has 0 atom stereocenters. The number of ether oxygens (including phenoxy) is 1. The molecule has 0 amide bonds. The van der Waals surface area contributed by atoms with Crippen molar-refractivity contribution in [3.63, 3.8) is 0 Å². The number of carboxylic acid groups (broad SMARTS) is 2. The quantitative estimate of drug-likeness (QED) is 0.183. The standard InChI is InChI=1S/C28H23N7O8/c1-14(2)13-43-28(42)15-7-20(22-11-34(32-30-22)16-3-5-18(26(38)39)24(36)9-16)29-21(8-15)23-12-35(33-31-23)17-4-6-19(27(40)41)25(37)10-17/h3-12,14,36-37H,13H2,1-2H3,(H,38,39)(H,40,41). The molecule has 218 valence electrons. The number of phenols is 2. The van der Waals surface area contributed by atoms with Crippen molar-refractivity contribution < 1.29 is 39.5 Å². The molecule has 0 bridgehead atoms. The first kappa shape index (κ1) is 28.4. The molecule has 15 nitrogen and oxygen atoms in total. The van der Waals surface area contributed by atoms with Gasteiger partial charge in [-0.1, -0.05) is 24.3 Å². The molecular weight excluding hydrogens is 562 g/mol. The van der Waals surface area contributed by atoms with Crippen molar-refractivity contribution in [3.05, 3.63) is 77.6 Å². The predicted octanol–water partition coefficient (Wildman–Crippen LogP) is 3.20. The fourth-order valence-electron chi connectivity index (χ4n) is 3.94. The number of pyridine rings is 1. The molecule has 3 heterocycles. The zero-order chi connectivity index (χ0) is 30.8. The van der Waals surface area contributed by atoms with Crippen LogP contribution in [0.15, 0.2) is 60.9 Å². The Morgan fingerprint density at radius 1 is 0.744 bits per heavy atom. The molecule has 0 radical (unpaired) electrons. The fraction of sp³-hybridized carbons (Fsp3) is 0.143. The summed E-state index contributed by atoms with van der Waals surface area (Å²) < 4.78 is 8.01. The van der Waals surface area contributed by atoms with Crippen molar-refractivity contribution in [2.45, 2.75) is 13.8 Å². The van der Waals surface area contributed by atoms with Gasteiger partial charge in [-0.25, -0.2) is 28.7 Å². The number of aromatic carboxylic acids is 2. The van der Waals surface area contributed by atoms with E-state index in [0.717, 1.165) is 0 Å². The third-order valence-corrected chi connectivity index (χ3v) is 6.07. The van der Waals surface area contributed by atoms with Crippen LogP contribution >= 0.6 is 0 Å². The van der Waals surface area contributed by atoms with Crippen LogP contribution in [0.1, 0.15) is 44.9 Å². The smallest absolute Gasteiger partial charge is 0.339 e. The summed E-state index contributed by atoms with van der Waals surface area (Å²) in [6, 6.07) is 10.7. The summed E-state index contributed by atoms with van der Waals surface area (Å²) in [7, 11) is 0. The van der Waals surface area contributed by atoms with Gasteiger partial charge in [0.2, 0.25) is 0 Å². The summed E-state index contributed by atoms with van der Waals surface area (Å²) in [6.45, 7) is 3.98. The summed E-state index contributed by atoms with van der Waals surface area (Å²) in [4.78, 5) is 40.0. The molecule has 0 aliphatic rings. The Bertz CT molecular complexity index is 1760. The first-order valence-electron chi connectivity index (χ1n) is 12.7. The Balaban J connectivity index is 1.53. The number of hydrogen-bond acceptors (Lipinski definition) is 11. The minimum Gasteiger partial charge on any atom is -0.507 e. The molecule has 5 rings (SSSR count). The zero-order valence-electron chi connectivity index (χ0n) is 22.6. The molecule has 0 aliphatic carbocycles. The molecular formula is C28H23N7O8. The van der Waals surface area contributed by atoms with E-state index in [4.69, 9.17) is 14.9 Å². The van der Waals surface area contributed by atoms with Crippen LogP contribution in [-0.4, -0.2) is 79.9 Å². The Hall–Kier alpha value is -6.12. The van der Waals surface area contributed by atoms with Gasteiger partial charge in [0, 0.05) is 12.1 Å². The average Bonchev–Trinajstić information content (AvgIpc) is 3.66. The van der Waals surface area contributed by atoms with Gasteiger partial charge in [-0.15, -0.1) is 10.2 Å². The van der Waals surface area contributed by atoms with Crippen molar-refractivity contribution in [1.82, 2.24) is 35.0 Å². The van der Waals surface area contributed by atoms with Gasteiger partial charge in [0.15, 0.2) is 0 Å². The highest BCUT2D eigenvalue weighted by Crippen LogP contribution is 2.27. The number of carbonyl (C=O) groups is 3. The minimum atomic E-state index is -1.28. The number of aromatic nitrogens is 7. The van der Waals surface area contributed by atoms with Crippen LogP contribution in [0, 0.1) is 5.92 Å². The maximum atomic E-state index is 12.9. The van der Waals surface area contributed by atoms with Crippen LogP contribution in [0.4, 0.5) is 0 Å². The van der Waals surface area contributed by atoms with E-state index < -0.39 is 29.4 Å². The highest BCUT2D eigenvalue weighted by atomic mass is 16.5. The lowest BCUT2D eigenvalue weighted by atomic mass is 10.1. The van der Waals surface area contributed by atoms with Crippen molar-refractivity contribution >= 4 is 17.9 Å². The summed E-state index contributed by atoms with van der Waals surface area (Å²) in [5.74, 6) is -3.99. The van der Waals surface area contributed by atoms with Crippen molar-refractivity contribution in [2.24, 2.45) is 5.92 Å². The molecule has 2 aromatic carbocycles. The summed E-state index contributed by atoms with van der Waals surface area (Å²) in [5.41, 5.74) is 1.19. The monoisotopic (exact) mass is 585 g/mol. The van der Waals surface area contributed by atoms with Crippen LogP contribution in [0.3, 0.4) is 0 Å². The average molecular weight is 586 g/mol. The molecule has 5 aromatic rings. The molecule has 0 fully saturated rings. The number of rotatable bonds is 9. The van der Waals surface area contributed by atoms with Crippen molar-refractivity contribution in [2.75, 3.05) is 6.61 Å². The molecule has 0 spiro atoms. The number of aromatic hydroxyl groups is 2. The highest BCUT2D eigenvalue weighted by molar-refractivity contribution is 5.92. The zero-order valence-corrected chi connectivity index (χ0v) is 22.6. The van der Waals surface area contributed by atoms with Gasteiger partial charge in [-0.05, 0) is 42.3 Å². The second-order valence-corrected chi connectivity index (χ2v) is 9.73. The van der Waals surface area contributed by atoms with E-state index in [9.17, 15) is 24.6 Å². The lowest BCUT2D eigenvalue weighted by Crippen LogP contribution is -2.11. The van der Waals surface area contributed by atoms with E-state index in [2.05, 4.69) is 25.6 Å². The van der Waals surface area contributed by atoms with Crippen LogP contribution < -0.4 is 0 Å². The Morgan fingerprint density at radius 3 is 1.60 bits per heavy atom. The Labute approximate surface area is 242 Å². The van der Waals surface area contributed by atoms with Crippen LogP contribution in [-0.2, 0) is 4.74 Å². The number of carbonyl (C=O) groups excluding carboxylic acids is 1. The van der Waals surface area contributed by atoms with Crippen molar-refractivity contribution in [1.29, 1.82) is 0 Å². The fourth-order valence-corrected chi connectivity index (χ4v) is 3.94. The number of carboxylic acids is 2. The van der Waals surface area contributed by atoms with Gasteiger partial charge >= 0.3 is 17.9 Å². The topological polar surface area (TPSA) is 216 Å². The number of esters is 1. The first-order valence-corrected chi connectivity index (χ1v) is 12.7. The molecule has 3 aromatic heterocycles. The Kier molecular flexibility index (Phi) is 7.53. The lowest BCUT2D eigenvalue weighted by Gasteiger charge is -2.09. The van der Waals surface area contributed by atoms with E-state index >= 15 is 0 Å².